The summed E-state index contributed by atoms with van der Waals surface area (Å²) in [5, 5.41) is 10.1. The highest BCUT2D eigenvalue weighted by atomic mass is 19.4. The summed E-state index contributed by atoms with van der Waals surface area (Å²) in [7, 11) is 0. The summed E-state index contributed by atoms with van der Waals surface area (Å²) >= 11 is 0. The molecule has 0 bridgehead atoms. The van der Waals surface area contributed by atoms with E-state index in [2.05, 4.69) is 0 Å². The van der Waals surface area contributed by atoms with Gasteiger partial charge in [-0.2, -0.15) is 13.2 Å². The standard InChI is InChI=1S/C7H2F4NO2/c8-6-2-1-4(12(13)14)3-5(6)7(9,10)11/h2-3H. The number of halogens is 4. The van der Waals surface area contributed by atoms with E-state index >= 15 is 0 Å². The van der Waals surface area contributed by atoms with Crippen molar-refractivity contribution in [3.63, 3.8) is 0 Å². The van der Waals surface area contributed by atoms with Gasteiger partial charge in [-0.1, -0.05) is 0 Å². The molecule has 3 nitrogen and oxygen atoms in total. The Bertz CT molecular complexity index is 374. The molecule has 1 aromatic rings. The van der Waals surface area contributed by atoms with Gasteiger partial charge in [0.15, 0.2) is 0 Å². The van der Waals surface area contributed by atoms with E-state index in [0.29, 0.717) is 6.07 Å². The van der Waals surface area contributed by atoms with E-state index in [4.69, 9.17) is 0 Å². The lowest BCUT2D eigenvalue weighted by atomic mass is 10.2. The number of hydrogen-bond acceptors (Lipinski definition) is 2. The second-order valence-corrected chi connectivity index (χ2v) is 2.33. The highest BCUT2D eigenvalue weighted by molar-refractivity contribution is 5.35. The number of non-ortho nitro benzene ring substituents is 1. The largest absolute Gasteiger partial charge is 0.419 e. The Hall–Kier alpha value is -1.66. The minimum atomic E-state index is -4.94. The number of nitrogens with zero attached hydrogens (tertiary/aromatic N) is 1. The van der Waals surface area contributed by atoms with Crippen molar-refractivity contribution in [1.29, 1.82) is 0 Å². The average molecular weight is 208 g/mol. The summed E-state index contributed by atoms with van der Waals surface area (Å²) in [6.07, 6.45) is -4.94. The second-order valence-electron chi connectivity index (χ2n) is 2.33. The third kappa shape index (κ3) is 1.98. The Morgan fingerprint density at radius 2 is 2.00 bits per heavy atom. The summed E-state index contributed by atoms with van der Waals surface area (Å²) in [5.74, 6) is -1.58. The number of benzene rings is 1. The van der Waals surface area contributed by atoms with Crippen LogP contribution in [0.25, 0.3) is 0 Å². The Labute approximate surface area is 75.1 Å². The van der Waals surface area contributed by atoms with Crippen molar-refractivity contribution in [2.75, 3.05) is 0 Å². The van der Waals surface area contributed by atoms with Gasteiger partial charge in [-0.15, -0.1) is 0 Å². The van der Waals surface area contributed by atoms with E-state index in [9.17, 15) is 27.7 Å². The van der Waals surface area contributed by atoms with Crippen LogP contribution in [-0.2, 0) is 6.18 Å². The molecular formula is C7H2F4NO2. The molecule has 0 unspecified atom stereocenters. The molecule has 1 aromatic carbocycles. The quantitative estimate of drug-likeness (QED) is 0.404. The molecule has 75 valence electrons. The van der Waals surface area contributed by atoms with E-state index in [1.165, 1.54) is 0 Å². The molecule has 0 saturated carbocycles. The first kappa shape index (κ1) is 10.4. The molecule has 0 aliphatic rings. The van der Waals surface area contributed by atoms with Gasteiger partial charge >= 0.3 is 6.18 Å². The van der Waals surface area contributed by atoms with Crippen molar-refractivity contribution in [1.82, 2.24) is 0 Å². The van der Waals surface area contributed by atoms with Crippen LogP contribution in [0.15, 0.2) is 12.1 Å². The van der Waals surface area contributed by atoms with Crippen molar-refractivity contribution in [2.45, 2.75) is 6.18 Å². The smallest absolute Gasteiger partial charge is 0.258 e. The van der Waals surface area contributed by atoms with Crippen LogP contribution in [0.1, 0.15) is 5.56 Å². The number of nitro benzene ring substituents is 1. The molecule has 0 fully saturated rings. The molecule has 0 saturated heterocycles. The first-order valence-corrected chi connectivity index (χ1v) is 3.25. The fourth-order valence-corrected chi connectivity index (χ4v) is 0.785. The van der Waals surface area contributed by atoms with Crippen molar-refractivity contribution in [3.05, 3.63) is 39.7 Å². The van der Waals surface area contributed by atoms with Crippen molar-refractivity contribution in [3.8, 4) is 0 Å². The van der Waals surface area contributed by atoms with Crippen LogP contribution in [0.5, 0.6) is 0 Å². The highest BCUT2D eigenvalue weighted by Gasteiger charge is 2.35. The van der Waals surface area contributed by atoms with Gasteiger partial charge in [-0.25, -0.2) is 4.39 Å². The topological polar surface area (TPSA) is 43.1 Å². The third-order valence-electron chi connectivity index (χ3n) is 1.39. The van der Waals surface area contributed by atoms with E-state index in [0.717, 1.165) is 0 Å². The number of nitro groups is 1. The van der Waals surface area contributed by atoms with Crippen LogP contribution in [0.4, 0.5) is 23.2 Å². The van der Waals surface area contributed by atoms with Gasteiger partial charge in [-0.3, -0.25) is 10.1 Å². The summed E-state index contributed by atoms with van der Waals surface area (Å²) in [6.45, 7) is 0. The maximum Gasteiger partial charge on any atom is 0.419 e. The maximum atomic E-state index is 12.6. The number of alkyl halides is 3. The van der Waals surface area contributed by atoms with Crippen LogP contribution in [0, 0.1) is 22.0 Å². The molecule has 0 amide bonds. The molecule has 14 heavy (non-hydrogen) atoms. The van der Waals surface area contributed by atoms with E-state index in [1.54, 1.807) is 6.07 Å². The predicted molar refractivity (Wildman–Crippen MR) is 36.9 cm³/mol. The molecule has 0 aliphatic heterocycles. The van der Waals surface area contributed by atoms with E-state index in [1.807, 2.05) is 0 Å². The first-order valence-electron chi connectivity index (χ1n) is 3.25. The fraction of sp³-hybridized carbons (Fsp3) is 0.143. The van der Waals surface area contributed by atoms with Crippen LogP contribution in [-0.4, -0.2) is 4.92 Å². The molecule has 7 heteroatoms. The lowest BCUT2D eigenvalue weighted by molar-refractivity contribution is -0.385. The lowest BCUT2D eigenvalue weighted by Crippen LogP contribution is -2.08. The molecular weight excluding hydrogens is 206 g/mol. The minimum absolute atomic E-state index is 0.106. The van der Waals surface area contributed by atoms with Crippen LogP contribution in [0.2, 0.25) is 0 Å². The predicted octanol–water partition coefficient (Wildman–Crippen LogP) is 2.55. The van der Waals surface area contributed by atoms with Crippen LogP contribution < -0.4 is 0 Å². The third-order valence-corrected chi connectivity index (χ3v) is 1.39. The minimum Gasteiger partial charge on any atom is -0.258 e. The fourth-order valence-electron chi connectivity index (χ4n) is 0.785. The van der Waals surface area contributed by atoms with E-state index < -0.39 is 28.2 Å². The van der Waals surface area contributed by atoms with Gasteiger partial charge in [0.1, 0.15) is 5.82 Å². The number of rotatable bonds is 1. The van der Waals surface area contributed by atoms with Gasteiger partial charge < -0.3 is 0 Å². The molecule has 0 heterocycles. The van der Waals surface area contributed by atoms with Gasteiger partial charge in [0.05, 0.1) is 16.6 Å². The van der Waals surface area contributed by atoms with Crippen LogP contribution in [0.3, 0.4) is 0 Å². The van der Waals surface area contributed by atoms with Gasteiger partial charge in [0.25, 0.3) is 5.69 Å². The van der Waals surface area contributed by atoms with Gasteiger partial charge in [0, 0.05) is 6.07 Å². The second kappa shape index (κ2) is 3.24. The van der Waals surface area contributed by atoms with E-state index in [-0.39, 0.29) is 6.07 Å². The molecule has 0 aromatic heterocycles. The molecule has 1 radical (unpaired) electrons. The summed E-state index contributed by atoms with van der Waals surface area (Å²) < 4.78 is 48.6. The zero-order valence-electron chi connectivity index (χ0n) is 6.43. The number of hydrogen-bond donors (Lipinski definition) is 0. The summed E-state index contributed by atoms with van der Waals surface area (Å²) in [6, 6.07) is 2.17. The van der Waals surface area contributed by atoms with Crippen molar-refractivity contribution >= 4 is 5.69 Å². The Morgan fingerprint density at radius 3 is 2.43 bits per heavy atom. The van der Waals surface area contributed by atoms with Gasteiger partial charge in [-0.05, 0) is 6.07 Å². The zero-order chi connectivity index (χ0) is 10.9. The average Bonchev–Trinajstić information content (AvgIpc) is 2.02. The highest BCUT2D eigenvalue weighted by Crippen LogP contribution is 2.33. The Kier molecular flexibility index (Phi) is 2.41. The Morgan fingerprint density at radius 1 is 1.43 bits per heavy atom. The maximum absolute atomic E-state index is 12.6. The SMILES string of the molecule is O=[N+]([O-])c1[c]cc(F)c(C(F)(F)F)c1. The monoisotopic (exact) mass is 208 g/mol. The molecule has 1 rings (SSSR count). The van der Waals surface area contributed by atoms with Crippen molar-refractivity contribution < 1.29 is 22.5 Å². The summed E-state index contributed by atoms with van der Waals surface area (Å²) in [4.78, 5) is 9.00. The van der Waals surface area contributed by atoms with Crippen molar-refractivity contribution in [2.24, 2.45) is 0 Å². The molecule has 0 N–H and O–H groups in total. The summed E-state index contributed by atoms with van der Waals surface area (Å²) in [5.41, 5.74) is -2.58. The van der Waals surface area contributed by atoms with Gasteiger partial charge in [0.2, 0.25) is 0 Å². The Balaban J connectivity index is 3.29. The first-order chi connectivity index (χ1) is 6.32. The molecule has 0 aliphatic carbocycles. The molecule has 0 atom stereocenters. The normalized spacial score (nSPS) is 11.4. The lowest BCUT2D eigenvalue weighted by Gasteiger charge is -2.06. The van der Waals surface area contributed by atoms with Crippen LogP contribution >= 0.6 is 0 Å². The zero-order valence-corrected chi connectivity index (χ0v) is 6.43. The molecule has 0 spiro atoms.